The van der Waals surface area contributed by atoms with Gasteiger partial charge in [-0.15, -0.1) is 6.58 Å². The summed E-state index contributed by atoms with van der Waals surface area (Å²) in [6.07, 6.45) is 6.73. The molecule has 5 nitrogen and oxygen atoms in total. The number of hydrogen-bond donors (Lipinski definition) is 1. The normalized spacial score (nSPS) is 12.3. The summed E-state index contributed by atoms with van der Waals surface area (Å²) in [5.41, 5.74) is -0.121. The SMILES string of the molecule is C=CCC(NC(=O)OCC(C)(C)C)C(=O)OCCCCCCC. The van der Waals surface area contributed by atoms with E-state index in [-0.39, 0.29) is 12.0 Å². The Bertz CT molecular complexity index is 361. The maximum atomic E-state index is 12.0. The quantitative estimate of drug-likeness (QED) is 0.350. The number of unbranched alkanes of at least 4 members (excludes halogenated alkanes) is 4. The molecular formula is C18H33NO4. The zero-order chi connectivity index (χ0) is 17.7. The van der Waals surface area contributed by atoms with E-state index in [2.05, 4.69) is 18.8 Å². The van der Waals surface area contributed by atoms with Gasteiger partial charge in [0, 0.05) is 0 Å². The lowest BCUT2D eigenvalue weighted by molar-refractivity contribution is -0.146. The molecule has 0 saturated heterocycles. The van der Waals surface area contributed by atoms with Crippen LogP contribution >= 0.6 is 0 Å². The van der Waals surface area contributed by atoms with Gasteiger partial charge in [-0.1, -0.05) is 59.5 Å². The van der Waals surface area contributed by atoms with Crippen molar-refractivity contribution in [3.8, 4) is 0 Å². The summed E-state index contributed by atoms with van der Waals surface area (Å²) >= 11 is 0. The van der Waals surface area contributed by atoms with Crippen LogP contribution in [0.3, 0.4) is 0 Å². The molecule has 0 aromatic heterocycles. The summed E-state index contributed by atoms with van der Waals surface area (Å²) in [6, 6.07) is -0.740. The first-order valence-corrected chi connectivity index (χ1v) is 8.51. The fourth-order valence-electron chi connectivity index (χ4n) is 1.83. The van der Waals surface area contributed by atoms with Crippen LogP contribution in [-0.4, -0.2) is 31.3 Å². The van der Waals surface area contributed by atoms with Crippen LogP contribution in [0, 0.1) is 5.41 Å². The van der Waals surface area contributed by atoms with Gasteiger partial charge in [0.05, 0.1) is 13.2 Å². The molecule has 5 heteroatoms. The van der Waals surface area contributed by atoms with Crippen molar-refractivity contribution in [2.75, 3.05) is 13.2 Å². The first kappa shape index (κ1) is 21.5. The third-order valence-corrected chi connectivity index (χ3v) is 3.11. The van der Waals surface area contributed by atoms with E-state index in [9.17, 15) is 9.59 Å². The number of esters is 1. The number of alkyl carbamates (subject to hydrolysis) is 1. The van der Waals surface area contributed by atoms with Gasteiger partial charge in [0.1, 0.15) is 6.04 Å². The Balaban J connectivity index is 4.14. The molecule has 1 amide bonds. The average Bonchev–Trinajstić information content (AvgIpc) is 2.47. The van der Waals surface area contributed by atoms with Crippen molar-refractivity contribution in [1.29, 1.82) is 0 Å². The number of nitrogens with one attached hydrogen (secondary N) is 1. The van der Waals surface area contributed by atoms with Gasteiger partial charge >= 0.3 is 12.1 Å². The first-order valence-electron chi connectivity index (χ1n) is 8.51. The molecule has 1 N–H and O–H groups in total. The summed E-state index contributed by atoms with van der Waals surface area (Å²) in [4.78, 5) is 23.8. The monoisotopic (exact) mass is 327 g/mol. The van der Waals surface area contributed by atoms with Crippen molar-refractivity contribution in [3.05, 3.63) is 12.7 Å². The Kier molecular flexibility index (Phi) is 11.2. The second-order valence-electron chi connectivity index (χ2n) is 6.94. The molecule has 134 valence electrons. The Labute approximate surface area is 140 Å². The second-order valence-corrected chi connectivity index (χ2v) is 6.94. The fraction of sp³-hybridized carbons (Fsp3) is 0.778. The highest BCUT2D eigenvalue weighted by molar-refractivity contribution is 5.81. The van der Waals surface area contributed by atoms with Crippen molar-refractivity contribution in [2.24, 2.45) is 5.41 Å². The highest BCUT2D eigenvalue weighted by atomic mass is 16.6. The van der Waals surface area contributed by atoms with E-state index in [0.717, 1.165) is 19.3 Å². The van der Waals surface area contributed by atoms with E-state index in [1.54, 1.807) is 6.08 Å². The van der Waals surface area contributed by atoms with E-state index in [1.165, 1.54) is 12.8 Å². The molecular weight excluding hydrogens is 294 g/mol. The van der Waals surface area contributed by atoms with Crippen LogP contribution in [0.5, 0.6) is 0 Å². The van der Waals surface area contributed by atoms with Gasteiger partial charge in [0.25, 0.3) is 0 Å². The van der Waals surface area contributed by atoms with Crippen molar-refractivity contribution in [1.82, 2.24) is 5.32 Å². The Morgan fingerprint density at radius 2 is 1.78 bits per heavy atom. The molecule has 0 spiro atoms. The topological polar surface area (TPSA) is 64.6 Å². The highest BCUT2D eigenvalue weighted by Crippen LogP contribution is 2.13. The van der Waals surface area contributed by atoms with E-state index >= 15 is 0 Å². The molecule has 0 aliphatic carbocycles. The summed E-state index contributed by atoms with van der Waals surface area (Å²) in [6.45, 7) is 12.3. The average molecular weight is 327 g/mol. The number of carbonyl (C=O) groups is 2. The molecule has 23 heavy (non-hydrogen) atoms. The second kappa shape index (κ2) is 12.0. The molecule has 0 saturated carbocycles. The van der Waals surface area contributed by atoms with Crippen molar-refractivity contribution < 1.29 is 19.1 Å². The zero-order valence-corrected chi connectivity index (χ0v) is 15.2. The Morgan fingerprint density at radius 3 is 2.35 bits per heavy atom. The smallest absolute Gasteiger partial charge is 0.407 e. The van der Waals surface area contributed by atoms with Gasteiger partial charge in [0.15, 0.2) is 0 Å². The number of carbonyl (C=O) groups excluding carboxylic acids is 2. The van der Waals surface area contributed by atoms with Crippen molar-refractivity contribution >= 4 is 12.1 Å². The minimum absolute atomic E-state index is 0.121. The number of hydrogen-bond acceptors (Lipinski definition) is 4. The zero-order valence-electron chi connectivity index (χ0n) is 15.2. The van der Waals surface area contributed by atoms with Gasteiger partial charge in [-0.25, -0.2) is 9.59 Å². The standard InChI is InChI=1S/C18H33NO4/c1-6-8-9-10-11-13-22-16(20)15(12-7-2)19-17(21)23-14-18(3,4)5/h7,15H,2,6,8-14H2,1,3-5H3,(H,19,21). The lowest BCUT2D eigenvalue weighted by atomic mass is 9.99. The van der Waals surface area contributed by atoms with E-state index in [1.807, 2.05) is 20.8 Å². The number of rotatable bonds is 11. The molecule has 0 aliphatic rings. The molecule has 1 unspecified atom stereocenters. The lowest BCUT2D eigenvalue weighted by Crippen LogP contribution is -2.42. The fourth-order valence-corrected chi connectivity index (χ4v) is 1.83. The summed E-state index contributed by atoms with van der Waals surface area (Å²) < 4.78 is 10.3. The van der Waals surface area contributed by atoms with Gasteiger partial charge in [0.2, 0.25) is 0 Å². The lowest BCUT2D eigenvalue weighted by Gasteiger charge is -2.20. The van der Waals surface area contributed by atoms with Crippen molar-refractivity contribution in [3.63, 3.8) is 0 Å². The molecule has 0 fully saturated rings. The summed E-state index contributed by atoms with van der Waals surface area (Å²) in [7, 11) is 0. The minimum Gasteiger partial charge on any atom is -0.464 e. The van der Waals surface area contributed by atoms with Crippen LogP contribution in [0.1, 0.15) is 66.2 Å². The van der Waals surface area contributed by atoms with Crippen molar-refractivity contribution in [2.45, 2.75) is 72.3 Å². The van der Waals surface area contributed by atoms with Gasteiger partial charge < -0.3 is 14.8 Å². The van der Waals surface area contributed by atoms with Gasteiger partial charge in [-0.3, -0.25) is 0 Å². The predicted molar refractivity (Wildman–Crippen MR) is 92.3 cm³/mol. The molecule has 0 heterocycles. The van der Waals surface area contributed by atoms with Gasteiger partial charge in [-0.2, -0.15) is 0 Å². The molecule has 0 aromatic rings. The number of amides is 1. The van der Waals surface area contributed by atoms with Crippen LogP contribution in [-0.2, 0) is 14.3 Å². The van der Waals surface area contributed by atoms with E-state index in [0.29, 0.717) is 13.0 Å². The molecule has 0 aromatic carbocycles. The Morgan fingerprint density at radius 1 is 1.13 bits per heavy atom. The maximum Gasteiger partial charge on any atom is 0.407 e. The van der Waals surface area contributed by atoms with Gasteiger partial charge in [-0.05, 0) is 18.3 Å². The molecule has 0 rings (SSSR count). The molecule has 0 aliphatic heterocycles. The number of ether oxygens (including phenoxy) is 2. The van der Waals surface area contributed by atoms with Crippen LogP contribution in [0.15, 0.2) is 12.7 Å². The third kappa shape index (κ3) is 12.7. The summed E-state index contributed by atoms with van der Waals surface area (Å²) in [5.74, 6) is -0.437. The molecule has 0 bridgehead atoms. The first-order chi connectivity index (χ1) is 10.8. The van der Waals surface area contributed by atoms with E-state index in [4.69, 9.17) is 9.47 Å². The predicted octanol–water partition coefficient (Wildman–Crippen LogP) is 4.22. The highest BCUT2D eigenvalue weighted by Gasteiger charge is 2.22. The summed E-state index contributed by atoms with van der Waals surface area (Å²) in [5, 5.41) is 2.54. The molecule has 1 atom stereocenters. The van der Waals surface area contributed by atoms with E-state index < -0.39 is 18.1 Å². The Hall–Kier alpha value is -1.52. The third-order valence-electron chi connectivity index (χ3n) is 3.11. The van der Waals surface area contributed by atoms with Crippen LogP contribution in [0.2, 0.25) is 0 Å². The maximum absolute atomic E-state index is 12.0. The van der Waals surface area contributed by atoms with Crippen LogP contribution < -0.4 is 5.32 Å². The molecule has 0 radical (unpaired) electrons. The minimum atomic E-state index is -0.740. The van der Waals surface area contributed by atoms with Crippen LogP contribution in [0.4, 0.5) is 4.79 Å². The largest absolute Gasteiger partial charge is 0.464 e. The van der Waals surface area contributed by atoms with Crippen LogP contribution in [0.25, 0.3) is 0 Å².